The van der Waals surface area contributed by atoms with Gasteiger partial charge in [-0.15, -0.1) is 0 Å². The van der Waals surface area contributed by atoms with Crippen LogP contribution in [0.4, 0.5) is 0 Å². The highest BCUT2D eigenvalue weighted by molar-refractivity contribution is 7.91. The summed E-state index contributed by atoms with van der Waals surface area (Å²) in [4.78, 5) is 24.8. The Labute approximate surface area is 242 Å². The number of hydrogen-bond acceptors (Lipinski definition) is 8. The van der Waals surface area contributed by atoms with Crippen LogP contribution in [0.15, 0.2) is 52.9 Å². The van der Waals surface area contributed by atoms with Crippen LogP contribution in [0.1, 0.15) is 62.3 Å². The minimum absolute atomic E-state index is 0.0232. The molecule has 4 rings (SSSR count). The van der Waals surface area contributed by atoms with Crippen molar-refractivity contribution in [1.29, 1.82) is 5.26 Å². The summed E-state index contributed by atoms with van der Waals surface area (Å²) in [6.45, 7) is 7.90. The van der Waals surface area contributed by atoms with Gasteiger partial charge in [0.15, 0.2) is 9.84 Å². The molecule has 0 spiro atoms. The van der Waals surface area contributed by atoms with Crippen molar-refractivity contribution in [2.45, 2.75) is 65.0 Å². The third kappa shape index (κ3) is 11.3. The average Bonchev–Trinajstić information content (AvgIpc) is 3.56. The fraction of sp³-hybridized carbons (Fsp3) is 0.483. The number of benzene rings is 1. The summed E-state index contributed by atoms with van der Waals surface area (Å²) in [7, 11) is -3.06. The van der Waals surface area contributed by atoms with Crippen LogP contribution in [0.2, 0.25) is 0 Å². The molecule has 2 heterocycles. The number of aryl methyl sites for hydroxylation is 1. The number of hydrazine groups is 1. The number of hydrogen-bond donors (Lipinski definition) is 3. The number of sulfone groups is 1. The Morgan fingerprint density at radius 2 is 1.95 bits per heavy atom. The van der Waals surface area contributed by atoms with Crippen LogP contribution in [0.3, 0.4) is 0 Å². The normalized spacial score (nSPS) is 19.0. The third-order valence-electron chi connectivity index (χ3n) is 6.90. The van der Waals surface area contributed by atoms with Crippen molar-refractivity contribution < 1.29 is 13.2 Å². The Hall–Kier alpha value is -3.82. The van der Waals surface area contributed by atoms with Gasteiger partial charge in [0.1, 0.15) is 24.5 Å². The Bertz CT molecular complexity index is 1370. The Kier molecular flexibility index (Phi) is 12.2. The summed E-state index contributed by atoms with van der Waals surface area (Å²) < 4.78 is 25.1. The van der Waals surface area contributed by atoms with E-state index in [1.165, 1.54) is 32.1 Å². The minimum Gasteiger partial charge on any atom is -0.350 e. The number of nitriles is 1. The molecule has 1 amide bonds. The molecule has 1 aromatic carbocycles. The maximum atomic E-state index is 12.3. The second-order valence-electron chi connectivity index (χ2n) is 10.5. The zero-order chi connectivity index (χ0) is 29.7. The number of carbonyl (C=O) groups excluding carboxylic acids is 1. The first kappa shape index (κ1) is 31.7. The molecule has 1 saturated carbocycles. The number of carbonyl (C=O) groups is 1. The van der Waals surface area contributed by atoms with Gasteiger partial charge < -0.3 is 10.7 Å². The molecule has 2 aliphatic rings. The average molecular weight is 581 g/mol. The standard InChI is InChI=1S/C22H26N8O3S.C7H14/c1-16-13-30(15-27-16)21(24-2)9-20(29-28-19-7-8-34(32,33)14-19)25-12-22(31)26-11-18-5-3-17(10-23)4-6-18;1-7-5-3-2-4-6-7/h3-6,9,13,15,19,28H,2,7-8,11-12,14H2,1H3,(H,25,29)(H,26,31);7H,2-6H2,1H3/b21-9+;. The molecule has 1 aliphatic heterocycles. The summed E-state index contributed by atoms with van der Waals surface area (Å²) in [6, 6.07) is 8.68. The van der Waals surface area contributed by atoms with E-state index in [0.717, 1.165) is 17.2 Å². The van der Waals surface area contributed by atoms with Gasteiger partial charge in [-0.25, -0.2) is 23.8 Å². The predicted molar refractivity (Wildman–Crippen MR) is 162 cm³/mol. The third-order valence-corrected chi connectivity index (χ3v) is 8.67. The fourth-order valence-electron chi connectivity index (χ4n) is 4.49. The van der Waals surface area contributed by atoms with Crippen LogP contribution in [0.25, 0.3) is 5.82 Å². The van der Waals surface area contributed by atoms with Gasteiger partial charge in [-0.3, -0.25) is 14.4 Å². The number of aliphatic imine (C=N–C) groups is 2. The largest absolute Gasteiger partial charge is 0.350 e. The molecular weight excluding hydrogens is 540 g/mol. The Morgan fingerprint density at radius 1 is 1.22 bits per heavy atom. The van der Waals surface area contributed by atoms with Crippen LogP contribution in [0.5, 0.6) is 0 Å². The van der Waals surface area contributed by atoms with Gasteiger partial charge in [0.05, 0.1) is 28.8 Å². The lowest BCUT2D eigenvalue weighted by molar-refractivity contribution is -0.119. The molecular formula is C29H40N8O3S. The molecule has 1 saturated heterocycles. The van der Waals surface area contributed by atoms with E-state index in [-0.39, 0.29) is 35.8 Å². The molecule has 12 heteroatoms. The van der Waals surface area contributed by atoms with Crippen LogP contribution >= 0.6 is 0 Å². The van der Waals surface area contributed by atoms with E-state index < -0.39 is 9.84 Å². The van der Waals surface area contributed by atoms with Gasteiger partial charge in [-0.1, -0.05) is 51.2 Å². The first-order valence-corrected chi connectivity index (χ1v) is 15.7. The molecule has 1 unspecified atom stereocenters. The van der Waals surface area contributed by atoms with Crippen molar-refractivity contribution in [2.75, 3.05) is 18.1 Å². The number of imidazole rings is 1. The van der Waals surface area contributed by atoms with Gasteiger partial charge in [0, 0.05) is 24.9 Å². The highest BCUT2D eigenvalue weighted by Crippen LogP contribution is 2.22. The smallest absolute Gasteiger partial charge is 0.242 e. The van der Waals surface area contributed by atoms with E-state index in [1.807, 2.05) is 13.0 Å². The fourth-order valence-corrected chi connectivity index (χ4v) is 6.17. The number of nitrogens with zero attached hydrogens (tertiary/aromatic N) is 5. The minimum atomic E-state index is -3.06. The monoisotopic (exact) mass is 580 g/mol. The second-order valence-corrected chi connectivity index (χ2v) is 12.7. The van der Waals surface area contributed by atoms with Crippen molar-refractivity contribution in [2.24, 2.45) is 15.9 Å². The van der Waals surface area contributed by atoms with Crippen LogP contribution in [-0.2, 0) is 21.2 Å². The van der Waals surface area contributed by atoms with Gasteiger partial charge in [0.25, 0.3) is 0 Å². The Balaban J connectivity index is 0.000000575. The molecule has 220 valence electrons. The van der Waals surface area contributed by atoms with Crippen molar-refractivity contribution in [3.05, 3.63) is 59.7 Å². The zero-order valence-corrected chi connectivity index (χ0v) is 24.7. The number of amides is 1. The van der Waals surface area contributed by atoms with E-state index >= 15 is 0 Å². The number of rotatable bonds is 9. The van der Waals surface area contributed by atoms with E-state index in [0.29, 0.717) is 24.4 Å². The van der Waals surface area contributed by atoms with Crippen LogP contribution in [0, 0.1) is 24.2 Å². The van der Waals surface area contributed by atoms with Crippen molar-refractivity contribution in [1.82, 2.24) is 25.7 Å². The summed E-state index contributed by atoms with van der Waals surface area (Å²) in [5.41, 5.74) is 8.07. The van der Waals surface area contributed by atoms with E-state index in [9.17, 15) is 13.2 Å². The lowest BCUT2D eigenvalue weighted by Gasteiger charge is -2.15. The summed E-state index contributed by atoms with van der Waals surface area (Å²) in [5.74, 6) is 1.58. The molecule has 3 N–H and O–H groups in total. The number of aromatic nitrogens is 2. The second kappa shape index (κ2) is 15.8. The number of amidine groups is 1. The van der Waals surface area contributed by atoms with Gasteiger partial charge in [0.2, 0.25) is 5.91 Å². The predicted octanol–water partition coefficient (Wildman–Crippen LogP) is 3.15. The van der Waals surface area contributed by atoms with Crippen molar-refractivity contribution in [3.8, 4) is 6.07 Å². The van der Waals surface area contributed by atoms with E-state index in [1.54, 1.807) is 47.4 Å². The molecule has 0 radical (unpaired) electrons. The maximum absolute atomic E-state index is 12.3. The van der Waals surface area contributed by atoms with Crippen molar-refractivity contribution >= 4 is 34.1 Å². The molecule has 11 nitrogen and oxygen atoms in total. The Morgan fingerprint density at radius 3 is 2.49 bits per heavy atom. The highest BCUT2D eigenvalue weighted by Gasteiger charge is 2.27. The lowest BCUT2D eigenvalue weighted by atomic mass is 9.91. The SMILES string of the molecule is C=N/C(=C\C(=NCC(=O)NCc1ccc(C#N)cc1)NNC1CCS(=O)(=O)C1)n1cnc(C)c1.CC1CCCCC1. The highest BCUT2D eigenvalue weighted by atomic mass is 32.2. The molecule has 0 bridgehead atoms. The first-order chi connectivity index (χ1) is 19.7. The first-order valence-electron chi connectivity index (χ1n) is 13.9. The zero-order valence-electron chi connectivity index (χ0n) is 23.8. The van der Waals surface area contributed by atoms with Crippen molar-refractivity contribution in [3.63, 3.8) is 0 Å². The molecule has 1 aliphatic carbocycles. The molecule has 2 fully saturated rings. The maximum Gasteiger partial charge on any atom is 0.242 e. The summed E-state index contributed by atoms with van der Waals surface area (Å²) in [6.07, 6.45) is 12.8. The molecule has 1 aromatic heterocycles. The molecule has 2 aromatic rings. The molecule has 41 heavy (non-hydrogen) atoms. The number of nitrogens with one attached hydrogen (secondary N) is 3. The van der Waals surface area contributed by atoms with E-state index in [2.05, 4.69) is 44.8 Å². The topological polar surface area (TPSA) is 154 Å². The lowest BCUT2D eigenvalue weighted by Crippen LogP contribution is -2.44. The summed E-state index contributed by atoms with van der Waals surface area (Å²) in [5, 5.41) is 11.6. The van der Waals surface area contributed by atoms with Gasteiger partial charge >= 0.3 is 0 Å². The van der Waals surface area contributed by atoms with Gasteiger partial charge in [-0.2, -0.15) is 5.26 Å². The summed E-state index contributed by atoms with van der Waals surface area (Å²) >= 11 is 0. The van der Waals surface area contributed by atoms with Crippen LogP contribution in [-0.4, -0.2) is 60.5 Å². The van der Waals surface area contributed by atoms with E-state index in [4.69, 9.17) is 5.26 Å². The van der Waals surface area contributed by atoms with Gasteiger partial charge in [-0.05, 0) is 43.7 Å². The quantitative estimate of drug-likeness (QED) is 0.234. The van der Waals surface area contributed by atoms with Crippen LogP contribution < -0.4 is 16.2 Å². The molecule has 1 atom stereocenters.